The number of aliphatic hydroxyl groups is 2. The lowest BCUT2D eigenvalue weighted by atomic mass is 9.89. The molecule has 0 radical (unpaired) electrons. The van der Waals surface area contributed by atoms with Crippen LogP contribution < -0.4 is 4.74 Å². The van der Waals surface area contributed by atoms with E-state index < -0.39 is 18.4 Å². The Kier molecular flexibility index (Phi) is 9.02. The first-order chi connectivity index (χ1) is 13.0. The van der Waals surface area contributed by atoms with Crippen LogP contribution >= 0.6 is 0 Å². The highest BCUT2D eigenvalue weighted by Gasteiger charge is 2.40. The summed E-state index contributed by atoms with van der Waals surface area (Å²) in [6, 6.07) is 7.63. The molecule has 1 aliphatic rings. The smallest absolute Gasteiger partial charge is 0.119 e. The summed E-state index contributed by atoms with van der Waals surface area (Å²) in [6.07, 6.45) is 9.05. The number of ether oxygens (including phenoxy) is 1. The Balaban J connectivity index is 1.85. The minimum Gasteiger partial charge on any atom is -0.491 e. The molecule has 0 aromatic heterocycles. The number of rotatable bonds is 10. The van der Waals surface area contributed by atoms with Crippen molar-refractivity contribution in [1.29, 1.82) is 0 Å². The van der Waals surface area contributed by atoms with Gasteiger partial charge in [-0.3, -0.25) is 0 Å². The maximum absolute atomic E-state index is 14.3. The number of aliphatic hydroxyl groups excluding tert-OH is 2. The van der Waals surface area contributed by atoms with E-state index in [0.717, 1.165) is 31.2 Å². The number of unbranched alkanes of at least 4 members (excludes halogenated alkanes) is 1. The normalized spacial score (nSPS) is 26.9. The number of allylic oxidation sites excluding steroid dienone is 3. The van der Waals surface area contributed by atoms with Crippen molar-refractivity contribution < 1.29 is 19.3 Å². The van der Waals surface area contributed by atoms with Gasteiger partial charge in [0.25, 0.3) is 0 Å². The second kappa shape index (κ2) is 11.3. The molecule has 1 aliphatic carbocycles. The van der Waals surface area contributed by atoms with Crippen molar-refractivity contribution in [1.82, 2.24) is 0 Å². The summed E-state index contributed by atoms with van der Waals surface area (Å²) in [7, 11) is 0. The number of hydrogen-bond acceptors (Lipinski definition) is 3. The monoisotopic (exact) mass is 376 g/mol. The van der Waals surface area contributed by atoms with E-state index in [2.05, 4.69) is 19.1 Å². The van der Waals surface area contributed by atoms with Gasteiger partial charge >= 0.3 is 0 Å². The summed E-state index contributed by atoms with van der Waals surface area (Å²) < 4.78 is 19.9. The van der Waals surface area contributed by atoms with E-state index in [-0.39, 0.29) is 24.9 Å². The molecule has 150 valence electrons. The van der Waals surface area contributed by atoms with Crippen molar-refractivity contribution in [3.63, 3.8) is 0 Å². The van der Waals surface area contributed by atoms with Crippen LogP contribution in [0.5, 0.6) is 5.75 Å². The zero-order chi connectivity index (χ0) is 19.6. The molecule has 0 spiro atoms. The van der Waals surface area contributed by atoms with Crippen LogP contribution in [-0.2, 0) is 0 Å². The molecule has 0 aliphatic heterocycles. The van der Waals surface area contributed by atoms with Gasteiger partial charge in [-0.2, -0.15) is 0 Å². The maximum Gasteiger partial charge on any atom is 0.119 e. The van der Waals surface area contributed by atoms with Crippen LogP contribution in [-0.4, -0.2) is 35.2 Å². The first-order valence-electron chi connectivity index (χ1n) is 10.0. The zero-order valence-corrected chi connectivity index (χ0v) is 16.4. The average Bonchev–Trinajstić information content (AvgIpc) is 2.91. The molecule has 4 heteroatoms. The Morgan fingerprint density at radius 1 is 1.30 bits per heavy atom. The fourth-order valence-corrected chi connectivity index (χ4v) is 3.63. The van der Waals surface area contributed by atoms with Crippen LogP contribution in [0.1, 0.15) is 44.6 Å². The predicted molar refractivity (Wildman–Crippen MR) is 108 cm³/mol. The topological polar surface area (TPSA) is 49.7 Å². The van der Waals surface area contributed by atoms with Crippen molar-refractivity contribution in [2.75, 3.05) is 6.61 Å². The first kappa shape index (κ1) is 21.6. The molecule has 0 bridgehead atoms. The molecule has 5 unspecified atom stereocenters. The molecular weight excluding hydrogens is 343 g/mol. The summed E-state index contributed by atoms with van der Waals surface area (Å²) in [5, 5.41) is 20.3. The second-order valence-electron chi connectivity index (χ2n) is 7.48. The summed E-state index contributed by atoms with van der Waals surface area (Å²) in [4.78, 5) is 0. The van der Waals surface area contributed by atoms with Crippen molar-refractivity contribution in [3.8, 4) is 5.75 Å². The summed E-state index contributed by atoms with van der Waals surface area (Å²) >= 11 is 0. The quantitative estimate of drug-likeness (QED) is 0.579. The van der Waals surface area contributed by atoms with E-state index in [9.17, 15) is 14.6 Å². The third-order valence-electron chi connectivity index (χ3n) is 5.13. The van der Waals surface area contributed by atoms with Crippen LogP contribution in [0.3, 0.4) is 0 Å². The molecule has 2 N–H and O–H groups in total. The van der Waals surface area contributed by atoms with E-state index >= 15 is 0 Å². The van der Waals surface area contributed by atoms with E-state index in [1.54, 1.807) is 12.2 Å². The van der Waals surface area contributed by atoms with Gasteiger partial charge < -0.3 is 14.9 Å². The third-order valence-corrected chi connectivity index (χ3v) is 5.13. The van der Waals surface area contributed by atoms with E-state index in [1.807, 2.05) is 31.2 Å². The number of hydrogen-bond donors (Lipinski definition) is 2. The van der Waals surface area contributed by atoms with Gasteiger partial charge in [-0.25, -0.2) is 4.39 Å². The Hall–Kier alpha value is -1.65. The molecule has 5 atom stereocenters. The van der Waals surface area contributed by atoms with Gasteiger partial charge in [0.1, 0.15) is 24.6 Å². The molecule has 0 heterocycles. The maximum atomic E-state index is 14.3. The molecule has 27 heavy (non-hydrogen) atoms. The van der Waals surface area contributed by atoms with Crippen molar-refractivity contribution >= 4 is 0 Å². The Bertz CT molecular complexity index is 613. The van der Waals surface area contributed by atoms with Gasteiger partial charge in [0.2, 0.25) is 0 Å². The van der Waals surface area contributed by atoms with E-state index in [1.165, 1.54) is 0 Å². The Morgan fingerprint density at radius 3 is 2.81 bits per heavy atom. The molecule has 0 amide bonds. The third kappa shape index (κ3) is 7.11. The second-order valence-corrected chi connectivity index (χ2v) is 7.48. The lowest BCUT2D eigenvalue weighted by molar-refractivity contribution is 0.118. The highest BCUT2D eigenvalue weighted by Crippen LogP contribution is 2.38. The average molecular weight is 377 g/mol. The summed E-state index contributed by atoms with van der Waals surface area (Å²) in [5.41, 5.74) is 1.09. The Morgan fingerprint density at radius 2 is 2.07 bits per heavy atom. The fraction of sp³-hybridized carbons (Fsp3) is 0.565. The van der Waals surface area contributed by atoms with Crippen LogP contribution in [0, 0.1) is 18.8 Å². The van der Waals surface area contributed by atoms with Crippen molar-refractivity contribution in [2.45, 2.75) is 64.3 Å². The van der Waals surface area contributed by atoms with Crippen molar-refractivity contribution in [3.05, 3.63) is 54.1 Å². The van der Waals surface area contributed by atoms with Crippen LogP contribution in [0.15, 0.2) is 48.6 Å². The van der Waals surface area contributed by atoms with E-state index in [4.69, 9.17) is 4.74 Å². The van der Waals surface area contributed by atoms with Gasteiger partial charge in [0, 0.05) is 12.3 Å². The number of aryl methyl sites for hydroxylation is 1. The highest BCUT2D eigenvalue weighted by atomic mass is 19.1. The molecule has 1 aromatic carbocycles. The first-order valence-corrected chi connectivity index (χ1v) is 10.0. The molecule has 0 saturated heterocycles. The summed E-state index contributed by atoms with van der Waals surface area (Å²) in [5.74, 6) is 0.250. The highest BCUT2D eigenvalue weighted by molar-refractivity contribution is 5.27. The molecule has 1 aromatic rings. The van der Waals surface area contributed by atoms with Crippen LogP contribution in [0.25, 0.3) is 0 Å². The lowest BCUT2D eigenvalue weighted by Crippen LogP contribution is -2.21. The zero-order valence-electron chi connectivity index (χ0n) is 16.4. The van der Waals surface area contributed by atoms with Gasteiger partial charge in [-0.05, 0) is 49.8 Å². The summed E-state index contributed by atoms with van der Waals surface area (Å²) in [6.45, 7) is 4.23. The molecular formula is C23H33FO3. The van der Waals surface area contributed by atoms with Gasteiger partial charge in [-0.15, -0.1) is 0 Å². The number of halogens is 1. The molecule has 3 nitrogen and oxygen atoms in total. The minimum absolute atomic E-state index is 0.104. The van der Waals surface area contributed by atoms with Crippen LogP contribution in [0.4, 0.5) is 4.39 Å². The molecule has 2 rings (SSSR count). The SMILES string of the molecule is CCC/C=C/CCC1C(O)CC(F)C1/C=C/C(O)COc1cccc(C)c1. The Labute approximate surface area is 162 Å². The van der Waals surface area contributed by atoms with Crippen LogP contribution in [0.2, 0.25) is 0 Å². The molecule has 1 fully saturated rings. The van der Waals surface area contributed by atoms with Gasteiger partial charge in [0.05, 0.1) is 6.10 Å². The van der Waals surface area contributed by atoms with E-state index in [0.29, 0.717) is 5.75 Å². The minimum atomic E-state index is -1.06. The number of alkyl halides is 1. The largest absolute Gasteiger partial charge is 0.491 e. The lowest BCUT2D eigenvalue weighted by Gasteiger charge is -2.20. The molecule has 1 saturated carbocycles. The van der Waals surface area contributed by atoms with Gasteiger partial charge in [0.15, 0.2) is 0 Å². The van der Waals surface area contributed by atoms with Gasteiger partial charge in [-0.1, -0.05) is 49.8 Å². The number of benzene rings is 1. The van der Waals surface area contributed by atoms with Crippen molar-refractivity contribution in [2.24, 2.45) is 11.8 Å². The fourth-order valence-electron chi connectivity index (χ4n) is 3.63. The standard InChI is InChI=1S/C23H33FO3/c1-3-4-5-6-7-11-21-20(22(24)15-23(21)26)13-12-18(25)16-27-19-10-8-9-17(2)14-19/h5-6,8-10,12-14,18,20-23,25-26H,3-4,7,11,15-16H2,1-2H3/b6-5+,13-12+. The predicted octanol–water partition coefficient (Wildman–Crippen LogP) is 4.76.